The second kappa shape index (κ2) is 6.53. The maximum absolute atomic E-state index is 11.6. The van der Waals surface area contributed by atoms with Crippen molar-refractivity contribution >= 4 is 27.2 Å². The highest BCUT2D eigenvalue weighted by atomic mass is 32.2. The number of carbonyl (C=O) groups is 1. The van der Waals surface area contributed by atoms with E-state index >= 15 is 0 Å². The largest absolute Gasteiger partial charge is 0.383 e. The lowest BCUT2D eigenvalue weighted by molar-refractivity contribution is -0.110. The van der Waals surface area contributed by atoms with Gasteiger partial charge in [0.2, 0.25) is 10.0 Å². The number of nitrogens with one attached hydrogen (secondary N) is 1. The topological polar surface area (TPSA) is 92.5 Å². The van der Waals surface area contributed by atoms with Gasteiger partial charge in [0.15, 0.2) is 0 Å². The summed E-state index contributed by atoms with van der Waals surface area (Å²) in [6.07, 6.45) is 1.83. The Balaban J connectivity index is 0.000000286. The molecule has 1 aromatic carbocycles. The minimum absolute atomic E-state index is 0.0208. The lowest BCUT2D eigenvalue weighted by Gasteiger charge is -2.05. The van der Waals surface area contributed by atoms with Crippen LogP contribution in [0.15, 0.2) is 30.5 Å². The lowest BCUT2D eigenvalue weighted by atomic mass is 10.1. The van der Waals surface area contributed by atoms with Crippen LogP contribution in [0.25, 0.3) is 5.57 Å². The quantitative estimate of drug-likeness (QED) is 0.791. The molecule has 0 unspecified atom stereocenters. The average molecular weight is 297 g/mol. The molecule has 0 radical (unpaired) electrons. The van der Waals surface area contributed by atoms with Crippen LogP contribution in [0, 0.1) is 0 Å². The number of nitrogens with zero attached hydrogens (tertiary/aromatic N) is 1. The normalized spacial score (nSPS) is 15.2. The summed E-state index contributed by atoms with van der Waals surface area (Å²) in [6, 6.07) is 7.70. The van der Waals surface area contributed by atoms with E-state index in [-0.39, 0.29) is 11.7 Å². The van der Waals surface area contributed by atoms with Gasteiger partial charge in [-0.2, -0.15) is 0 Å². The first-order chi connectivity index (χ1) is 9.24. The molecule has 0 saturated carbocycles. The first kappa shape index (κ1) is 16.2. The van der Waals surface area contributed by atoms with Crippen molar-refractivity contribution in [3.05, 3.63) is 36.0 Å². The Morgan fingerprint density at radius 1 is 1.30 bits per heavy atom. The second-order valence-electron chi connectivity index (χ2n) is 4.46. The number of anilines is 1. The third-order valence-corrected chi connectivity index (χ3v) is 3.30. The number of fused-ring (bicyclic) bond motifs is 1. The number of primary sulfonamides is 1. The SMILES string of the molecule is CCS(N)(=O)=O.CN(C)C=C1C(=O)Nc2ccccc21. The molecule has 1 heterocycles. The third kappa shape index (κ3) is 4.67. The van der Waals surface area contributed by atoms with Gasteiger partial charge in [-0.05, 0) is 13.0 Å². The van der Waals surface area contributed by atoms with Crippen LogP contribution in [0.2, 0.25) is 0 Å². The number of sulfonamides is 1. The highest BCUT2D eigenvalue weighted by Gasteiger charge is 2.23. The maximum atomic E-state index is 11.6. The van der Waals surface area contributed by atoms with Gasteiger partial charge in [0, 0.05) is 31.5 Å². The zero-order valence-electron chi connectivity index (χ0n) is 11.8. The average Bonchev–Trinajstić information content (AvgIpc) is 2.66. The molecule has 0 aliphatic carbocycles. The molecule has 1 amide bonds. The van der Waals surface area contributed by atoms with E-state index in [4.69, 9.17) is 0 Å². The lowest BCUT2D eigenvalue weighted by Crippen LogP contribution is -2.13. The predicted molar refractivity (Wildman–Crippen MR) is 80.4 cm³/mol. The van der Waals surface area contributed by atoms with Crippen molar-refractivity contribution in [2.45, 2.75) is 6.92 Å². The fraction of sp³-hybridized carbons (Fsp3) is 0.308. The second-order valence-corrected chi connectivity index (χ2v) is 6.36. The predicted octanol–water partition coefficient (Wildman–Crippen LogP) is 0.836. The van der Waals surface area contributed by atoms with Gasteiger partial charge in [-0.15, -0.1) is 0 Å². The Morgan fingerprint density at radius 3 is 2.35 bits per heavy atom. The number of amides is 1. The van der Waals surface area contributed by atoms with E-state index in [1.807, 2.05) is 49.5 Å². The van der Waals surface area contributed by atoms with Crippen molar-refractivity contribution in [2.24, 2.45) is 5.14 Å². The van der Waals surface area contributed by atoms with Crippen LogP contribution in [0.1, 0.15) is 12.5 Å². The first-order valence-electron chi connectivity index (χ1n) is 6.04. The Hall–Kier alpha value is -1.86. The van der Waals surface area contributed by atoms with Crippen molar-refractivity contribution in [1.29, 1.82) is 0 Å². The van der Waals surface area contributed by atoms with E-state index in [1.54, 1.807) is 0 Å². The molecule has 110 valence electrons. The number of nitrogens with two attached hydrogens (primary N) is 1. The summed E-state index contributed by atoms with van der Waals surface area (Å²) in [5.41, 5.74) is 2.60. The van der Waals surface area contributed by atoms with Gasteiger partial charge in [0.05, 0.1) is 11.3 Å². The van der Waals surface area contributed by atoms with Gasteiger partial charge in [-0.1, -0.05) is 18.2 Å². The third-order valence-electron chi connectivity index (χ3n) is 2.50. The van der Waals surface area contributed by atoms with Crippen LogP contribution in [-0.4, -0.2) is 39.1 Å². The minimum Gasteiger partial charge on any atom is -0.383 e. The summed E-state index contributed by atoms with van der Waals surface area (Å²) < 4.78 is 19.6. The van der Waals surface area contributed by atoms with E-state index in [0.29, 0.717) is 0 Å². The van der Waals surface area contributed by atoms with Crippen LogP contribution in [0.3, 0.4) is 0 Å². The maximum Gasteiger partial charge on any atom is 0.257 e. The first-order valence-corrected chi connectivity index (χ1v) is 7.75. The highest BCUT2D eigenvalue weighted by Crippen LogP contribution is 2.30. The molecule has 0 saturated heterocycles. The summed E-state index contributed by atoms with van der Waals surface area (Å²) in [6.45, 7) is 1.50. The summed E-state index contributed by atoms with van der Waals surface area (Å²) in [4.78, 5) is 13.4. The Morgan fingerprint density at radius 2 is 1.85 bits per heavy atom. The summed E-state index contributed by atoms with van der Waals surface area (Å²) in [5.74, 6) is -0.00704. The molecule has 1 aliphatic rings. The molecule has 0 aromatic heterocycles. The molecule has 1 aliphatic heterocycles. The van der Waals surface area contributed by atoms with Crippen LogP contribution in [-0.2, 0) is 14.8 Å². The fourth-order valence-electron chi connectivity index (χ4n) is 1.53. The summed E-state index contributed by atoms with van der Waals surface area (Å²) in [5, 5.41) is 7.33. The monoisotopic (exact) mass is 297 g/mol. The number of hydrogen-bond acceptors (Lipinski definition) is 4. The molecule has 0 fully saturated rings. The molecular formula is C13H19N3O3S. The van der Waals surface area contributed by atoms with Gasteiger partial charge >= 0.3 is 0 Å². The van der Waals surface area contributed by atoms with Gasteiger partial charge < -0.3 is 10.2 Å². The molecule has 0 spiro atoms. The van der Waals surface area contributed by atoms with Crippen molar-refractivity contribution in [3.8, 4) is 0 Å². The smallest absolute Gasteiger partial charge is 0.257 e. The van der Waals surface area contributed by atoms with E-state index in [0.717, 1.165) is 16.8 Å². The summed E-state index contributed by atoms with van der Waals surface area (Å²) >= 11 is 0. The van der Waals surface area contributed by atoms with Gasteiger partial charge in [-0.3, -0.25) is 4.79 Å². The van der Waals surface area contributed by atoms with Gasteiger partial charge in [0.1, 0.15) is 0 Å². The number of hydrogen-bond donors (Lipinski definition) is 2. The van der Waals surface area contributed by atoms with Crippen LogP contribution in [0.4, 0.5) is 5.69 Å². The highest BCUT2D eigenvalue weighted by molar-refractivity contribution is 7.89. The molecule has 6 nitrogen and oxygen atoms in total. The molecule has 1 aromatic rings. The number of para-hydroxylation sites is 1. The van der Waals surface area contributed by atoms with Crippen LogP contribution < -0.4 is 10.5 Å². The molecule has 7 heteroatoms. The fourth-order valence-corrected chi connectivity index (χ4v) is 1.53. The van der Waals surface area contributed by atoms with E-state index in [2.05, 4.69) is 10.5 Å². The van der Waals surface area contributed by atoms with Gasteiger partial charge in [0.25, 0.3) is 5.91 Å². The molecule has 2 rings (SSSR count). The van der Waals surface area contributed by atoms with E-state index < -0.39 is 10.0 Å². The van der Waals surface area contributed by atoms with Crippen LogP contribution in [0.5, 0.6) is 0 Å². The Bertz CT molecular complexity index is 622. The number of carbonyl (C=O) groups excluding carboxylic acids is 1. The number of benzene rings is 1. The van der Waals surface area contributed by atoms with E-state index in [9.17, 15) is 13.2 Å². The minimum atomic E-state index is -3.16. The number of rotatable bonds is 2. The molecule has 20 heavy (non-hydrogen) atoms. The zero-order valence-corrected chi connectivity index (χ0v) is 12.6. The summed E-state index contributed by atoms with van der Waals surface area (Å²) in [7, 11) is 0.646. The van der Waals surface area contributed by atoms with Crippen molar-refractivity contribution in [2.75, 3.05) is 25.2 Å². The molecular weight excluding hydrogens is 278 g/mol. The molecule has 0 atom stereocenters. The van der Waals surface area contributed by atoms with Crippen LogP contribution >= 0.6 is 0 Å². The van der Waals surface area contributed by atoms with Crippen molar-refractivity contribution < 1.29 is 13.2 Å². The molecule has 0 bridgehead atoms. The zero-order chi connectivity index (χ0) is 15.3. The standard InChI is InChI=1S/C11H12N2O.C2H7NO2S/c1-13(2)7-9-8-5-3-4-6-10(8)12-11(9)14;1-2-6(3,4)5/h3-7H,1-2H3,(H,12,14);2H2,1H3,(H2,3,4,5). The molecule has 3 N–H and O–H groups in total. The van der Waals surface area contributed by atoms with Crippen molar-refractivity contribution in [1.82, 2.24) is 4.90 Å². The van der Waals surface area contributed by atoms with E-state index in [1.165, 1.54) is 6.92 Å². The van der Waals surface area contributed by atoms with Crippen molar-refractivity contribution in [3.63, 3.8) is 0 Å². The van der Waals surface area contributed by atoms with Gasteiger partial charge in [-0.25, -0.2) is 13.6 Å². The Labute approximate surface area is 119 Å². The Kier molecular flexibility index (Phi) is 5.29.